The van der Waals surface area contributed by atoms with Crippen LogP contribution in [0.15, 0.2) is 0 Å². The normalized spacial score (nSPS) is 28.2. The first-order valence-electron chi connectivity index (χ1n) is 5.69. The summed E-state index contributed by atoms with van der Waals surface area (Å²) in [7, 11) is -3.04. The highest BCUT2D eigenvalue weighted by atomic mass is 32.2. The molecule has 0 saturated carbocycles. The van der Waals surface area contributed by atoms with Crippen molar-refractivity contribution in [2.75, 3.05) is 32.4 Å². The third-order valence-electron chi connectivity index (χ3n) is 2.51. The van der Waals surface area contributed by atoms with Crippen molar-refractivity contribution in [1.82, 2.24) is 9.62 Å². The number of nitrogens with zero attached hydrogens (tertiary/aromatic N) is 1. The average Bonchev–Trinajstić information content (AvgIpc) is 2.09. The zero-order valence-corrected chi connectivity index (χ0v) is 11.1. The number of morpholine rings is 1. The Bertz CT molecular complexity index is 295. The molecule has 1 rings (SSSR count). The molecule has 1 fully saturated rings. The SMILES string of the molecule is CC1CN(CCCNS(C)(=O)=O)CC(C)O1. The first-order chi connectivity index (χ1) is 7.37. The van der Waals surface area contributed by atoms with Crippen LogP contribution in [0.2, 0.25) is 0 Å². The van der Waals surface area contributed by atoms with Gasteiger partial charge in [0.25, 0.3) is 0 Å². The Morgan fingerprint density at radius 1 is 1.31 bits per heavy atom. The number of ether oxygens (including phenoxy) is 1. The van der Waals surface area contributed by atoms with Gasteiger partial charge in [-0.25, -0.2) is 13.1 Å². The van der Waals surface area contributed by atoms with E-state index < -0.39 is 10.0 Å². The first kappa shape index (κ1) is 13.9. The van der Waals surface area contributed by atoms with Gasteiger partial charge in [-0.1, -0.05) is 0 Å². The van der Waals surface area contributed by atoms with E-state index in [1.54, 1.807) is 0 Å². The second-order valence-corrected chi connectivity index (χ2v) is 6.37. The molecule has 0 aromatic heterocycles. The Kier molecular flexibility index (Phi) is 5.17. The summed E-state index contributed by atoms with van der Waals surface area (Å²) < 4.78 is 29.8. The highest BCUT2D eigenvalue weighted by Gasteiger charge is 2.21. The standard InChI is InChI=1S/C10H22N2O3S/c1-9-7-12(8-10(2)15-9)6-4-5-11-16(3,13)14/h9-11H,4-8H2,1-3H3. The highest BCUT2D eigenvalue weighted by Crippen LogP contribution is 2.10. The highest BCUT2D eigenvalue weighted by molar-refractivity contribution is 7.88. The van der Waals surface area contributed by atoms with Gasteiger partial charge in [0, 0.05) is 19.6 Å². The van der Waals surface area contributed by atoms with Crippen molar-refractivity contribution in [3.05, 3.63) is 0 Å². The molecule has 0 amide bonds. The summed E-state index contributed by atoms with van der Waals surface area (Å²) in [4.78, 5) is 2.32. The molecule has 2 atom stereocenters. The molecule has 96 valence electrons. The van der Waals surface area contributed by atoms with Crippen molar-refractivity contribution < 1.29 is 13.2 Å². The second kappa shape index (κ2) is 5.95. The molecule has 5 nitrogen and oxygen atoms in total. The van der Waals surface area contributed by atoms with Crippen LogP contribution in [0.25, 0.3) is 0 Å². The Morgan fingerprint density at radius 3 is 2.38 bits per heavy atom. The van der Waals surface area contributed by atoms with Gasteiger partial charge < -0.3 is 4.74 Å². The Balaban J connectivity index is 2.17. The van der Waals surface area contributed by atoms with Crippen LogP contribution in [0.3, 0.4) is 0 Å². The predicted octanol–water partition coefficient (Wildman–Crippen LogP) is 0.0349. The molecule has 0 bridgehead atoms. The maximum atomic E-state index is 10.8. The van der Waals surface area contributed by atoms with E-state index in [0.29, 0.717) is 6.54 Å². The lowest BCUT2D eigenvalue weighted by Crippen LogP contribution is -2.46. The molecule has 0 radical (unpaired) electrons. The summed E-state index contributed by atoms with van der Waals surface area (Å²) in [5.74, 6) is 0. The van der Waals surface area contributed by atoms with E-state index in [9.17, 15) is 8.42 Å². The fraction of sp³-hybridized carbons (Fsp3) is 1.00. The molecule has 16 heavy (non-hydrogen) atoms. The largest absolute Gasteiger partial charge is 0.373 e. The average molecular weight is 250 g/mol. The van der Waals surface area contributed by atoms with Crippen LogP contribution >= 0.6 is 0 Å². The summed E-state index contributed by atoms with van der Waals surface area (Å²) in [6.45, 7) is 7.43. The van der Waals surface area contributed by atoms with E-state index in [0.717, 1.165) is 26.1 Å². The van der Waals surface area contributed by atoms with Crippen molar-refractivity contribution in [2.24, 2.45) is 0 Å². The summed E-state index contributed by atoms with van der Waals surface area (Å²) in [5, 5.41) is 0. The quantitative estimate of drug-likeness (QED) is 0.700. The molecule has 6 heteroatoms. The van der Waals surface area contributed by atoms with Crippen LogP contribution in [0.4, 0.5) is 0 Å². The van der Waals surface area contributed by atoms with Crippen molar-refractivity contribution in [1.29, 1.82) is 0 Å². The van der Waals surface area contributed by atoms with Gasteiger partial charge in [0.2, 0.25) is 10.0 Å². The summed E-state index contributed by atoms with van der Waals surface area (Å²) in [5.41, 5.74) is 0. The van der Waals surface area contributed by atoms with Gasteiger partial charge in [0.1, 0.15) is 0 Å². The molecule has 1 N–H and O–H groups in total. The number of hydrogen-bond acceptors (Lipinski definition) is 4. The lowest BCUT2D eigenvalue weighted by molar-refractivity contribution is -0.0679. The van der Waals surface area contributed by atoms with Gasteiger partial charge >= 0.3 is 0 Å². The molecular formula is C10H22N2O3S. The van der Waals surface area contributed by atoms with Crippen LogP contribution < -0.4 is 4.72 Å². The van der Waals surface area contributed by atoms with E-state index in [4.69, 9.17) is 4.74 Å². The van der Waals surface area contributed by atoms with E-state index in [1.807, 2.05) is 0 Å². The number of rotatable bonds is 5. The molecule has 0 aromatic rings. The van der Waals surface area contributed by atoms with Crippen molar-refractivity contribution in [2.45, 2.75) is 32.5 Å². The molecule has 1 aliphatic rings. The summed E-state index contributed by atoms with van der Waals surface area (Å²) in [6.07, 6.45) is 2.57. The fourth-order valence-corrected chi connectivity index (χ4v) is 2.54. The second-order valence-electron chi connectivity index (χ2n) is 4.54. The van der Waals surface area contributed by atoms with Crippen LogP contribution in [0, 0.1) is 0 Å². The molecule has 0 aromatic carbocycles. The minimum atomic E-state index is -3.04. The van der Waals surface area contributed by atoms with Crippen molar-refractivity contribution in [3.63, 3.8) is 0 Å². The van der Waals surface area contributed by atoms with Gasteiger partial charge in [-0.05, 0) is 26.8 Å². The third kappa shape index (κ3) is 5.79. The van der Waals surface area contributed by atoms with Gasteiger partial charge in [-0.15, -0.1) is 0 Å². The zero-order valence-electron chi connectivity index (χ0n) is 10.3. The van der Waals surface area contributed by atoms with Gasteiger partial charge in [0.15, 0.2) is 0 Å². The van der Waals surface area contributed by atoms with Gasteiger partial charge in [-0.3, -0.25) is 4.90 Å². The van der Waals surface area contributed by atoms with Gasteiger partial charge in [0.05, 0.1) is 18.5 Å². The topological polar surface area (TPSA) is 58.6 Å². The molecule has 0 aliphatic carbocycles. The van der Waals surface area contributed by atoms with E-state index in [-0.39, 0.29) is 12.2 Å². The van der Waals surface area contributed by atoms with E-state index in [1.165, 1.54) is 6.26 Å². The molecule has 1 saturated heterocycles. The van der Waals surface area contributed by atoms with Crippen LogP contribution in [-0.4, -0.2) is 58.0 Å². The lowest BCUT2D eigenvalue weighted by atomic mass is 10.2. The number of sulfonamides is 1. The van der Waals surface area contributed by atoms with Crippen LogP contribution in [-0.2, 0) is 14.8 Å². The summed E-state index contributed by atoms with van der Waals surface area (Å²) in [6, 6.07) is 0. The van der Waals surface area contributed by atoms with Crippen molar-refractivity contribution >= 4 is 10.0 Å². The minimum Gasteiger partial charge on any atom is -0.373 e. The maximum absolute atomic E-state index is 10.8. The minimum absolute atomic E-state index is 0.270. The smallest absolute Gasteiger partial charge is 0.208 e. The molecular weight excluding hydrogens is 228 g/mol. The maximum Gasteiger partial charge on any atom is 0.208 e. The van der Waals surface area contributed by atoms with Gasteiger partial charge in [-0.2, -0.15) is 0 Å². The Hall–Kier alpha value is -0.170. The Morgan fingerprint density at radius 2 is 1.88 bits per heavy atom. The number of nitrogens with one attached hydrogen (secondary N) is 1. The predicted molar refractivity (Wildman–Crippen MR) is 63.9 cm³/mol. The zero-order chi connectivity index (χ0) is 12.2. The Labute approximate surface area is 98.2 Å². The molecule has 2 unspecified atom stereocenters. The molecule has 1 aliphatic heterocycles. The number of hydrogen-bond donors (Lipinski definition) is 1. The van der Waals surface area contributed by atoms with E-state index >= 15 is 0 Å². The van der Waals surface area contributed by atoms with Crippen molar-refractivity contribution in [3.8, 4) is 0 Å². The molecule has 0 spiro atoms. The summed E-state index contributed by atoms with van der Waals surface area (Å²) >= 11 is 0. The van der Waals surface area contributed by atoms with Crippen LogP contribution in [0.1, 0.15) is 20.3 Å². The van der Waals surface area contributed by atoms with Crippen LogP contribution in [0.5, 0.6) is 0 Å². The first-order valence-corrected chi connectivity index (χ1v) is 7.58. The van der Waals surface area contributed by atoms with E-state index in [2.05, 4.69) is 23.5 Å². The third-order valence-corrected chi connectivity index (χ3v) is 3.24. The fourth-order valence-electron chi connectivity index (χ4n) is 2.03. The monoisotopic (exact) mass is 250 g/mol. The molecule has 1 heterocycles. The lowest BCUT2D eigenvalue weighted by Gasteiger charge is -2.35.